The van der Waals surface area contributed by atoms with E-state index in [0.717, 1.165) is 18.4 Å². The van der Waals surface area contributed by atoms with Crippen molar-refractivity contribution in [3.8, 4) is 11.1 Å². The predicted molar refractivity (Wildman–Crippen MR) is 74.6 cm³/mol. The average Bonchev–Trinajstić information content (AvgIpc) is 2.46. The van der Waals surface area contributed by atoms with Gasteiger partial charge in [-0.1, -0.05) is 42.5 Å². The summed E-state index contributed by atoms with van der Waals surface area (Å²) in [5, 5.41) is 1.23. The van der Waals surface area contributed by atoms with Gasteiger partial charge < -0.3 is 0 Å². The zero-order valence-corrected chi connectivity index (χ0v) is 10.1. The molecule has 1 aromatic heterocycles. The Bertz CT molecular complexity index is 743. The second kappa shape index (κ2) is 3.67. The summed E-state index contributed by atoms with van der Waals surface area (Å²) in [7, 11) is 0. The van der Waals surface area contributed by atoms with E-state index in [4.69, 9.17) is 0 Å². The summed E-state index contributed by atoms with van der Waals surface area (Å²) in [6.07, 6.45) is 4.15. The van der Waals surface area contributed by atoms with Crippen LogP contribution in [-0.2, 0) is 12.8 Å². The van der Waals surface area contributed by atoms with Gasteiger partial charge in [-0.15, -0.1) is 0 Å². The van der Waals surface area contributed by atoms with E-state index in [9.17, 15) is 0 Å². The number of nitrogens with zero attached hydrogens (tertiary/aromatic N) is 1. The fourth-order valence-electron chi connectivity index (χ4n) is 2.95. The SMILES string of the molecule is c1ccc2c(c1)CCc1ccc3cccnc3c1-2. The van der Waals surface area contributed by atoms with Gasteiger partial charge in [-0.2, -0.15) is 0 Å². The second-order valence-corrected chi connectivity index (χ2v) is 4.83. The van der Waals surface area contributed by atoms with Crippen LogP contribution in [0.25, 0.3) is 22.0 Å². The summed E-state index contributed by atoms with van der Waals surface area (Å²) in [6, 6.07) is 17.3. The van der Waals surface area contributed by atoms with E-state index in [1.54, 1.807) is 0 Å². The lowest BCUT2D eigenvalue weighted by Crippen LogP contribution is -2.04. The van der Waals surface area contributed by atoms with Gasteiger partial charge in [0.25, 0.3) is 0 Å². The summed E-state index contributed by atoms with van der Waals surface area (Å²) in [4.78, 5) is 4.59. The average molecular weight is 231 g/mol. The maximum absolute atomic E-state index is 4.59. The molecule has 0 radical (unpaired) electrons. The predicted octanol–water partition coefficient (Wildman–Crippen LogP) is 4.00. The Morgan fingerprint density at radius 3 is 2.67 bits per heavy atom. The summed E-state index contributed by atoms with van der Waals surface area (Å²) in [5.41, 5.74) is 6.73. The van der Waals surface area contributed by atoms with Crippen LogP contribution in [0.15, 0.2) is 54.7 Å². The molecule has 0 bridgehead atoms. The highest BCUT2D eigenvalue weighted by Gasteiger charge is 2.18. The van der Waals surface area contributed by atoms with Crippen LogP contribution in [0.1, 0.15) is 11.1 Å². The van der Waals surface area contributed by atoms with Gasteiger partial charge in [0.05, 0.1) is 5.52 Å². The molecule has 4 rings (SSSR count). The summed E-state index contributed by atoms with van der Waals surface area (Å²) >= 11 is 0. The molecule has 0 saturated heterocycles. The van der Waals surface area contributed by atoms with E-state index in [0.29, 0.717) is 0 Å². The van der Waals surface area contributed by atoms with Crippen LogP contribution < -0.4 is 0 Å². The molecule has 3 aromatic rings. The lowest BCUT2D eigenvalue weighted by molar-refractivity contribution is 0.944. The third-order valence-corrected chi connectivity index (χ3v) is 3.81. The third-order valence-electron chi connectivity index (χ3n) is 3.81. The molecule has 0 aliphatic heterocycles. The van der Waals surface area contributed by atoms with Gasteiger partial charge in [0.2, 0.25) is 0 Å². The van der Waals surface area contributed by atoms with Crippen molar-refractivity contribution in [3.05, 3.63) is 65.9 Å². The fraction of sp³-hybridized carbons (Fsp3) is 0.118. The minimum atomic E-state index is 1.12. The van der Waals surface area contributed by atoms with E-state index < -0.39 is 0 Å². The first-order valence-electron chi connectivity index (χ1n) is 6.38. The third kappa shape index (κ3) is 1.31. The number of hydrogen-bond acceptors (Lipinski definition) is 1. The van der Waals surface area contributed by atoms with Crippen LogP contribution in [0, 0.1) is 0 Å². The van der Waals surface area contributed by atoms with Gasteiger partial charge in [0.15, 0.2) is 0 Å². The minimum Gasteiger partial charge on any atom is -0.256 e. The smallest absolute Gasteiger partial charge is 0.0783 e. The molecule has 1 heterocycles. The summed E-state index contributed by atoms with van der Waals surface area (Å²) in [6.45, 7) is 0. The van der Waals surface area contributed by atoms with Crippen LogP contribution in [0.3, 0.4) is 0 Å². The highest BCUT2D eigenvalue weighted by molar-refractivity contribution is 5.96. The molecule has 0 spiro atoms. The molecule has 0 fully saturated rings. The van der Waals surface area contributed by atoms with E-state index in [-0.39, 0.29) is 0 Å². The number of fused-ring (bicyclic) bond motifs is 5. The van der Waals surface area contributed by atoms with Crippen LogP contribution in [0.5, 0.6) is 0 Å². The van der Waals surface area contributed by atoms with Gasteiger partial charge in [-0.3, -0.25) is 4.98 Å². The molecule has 0 N–H and O–H groups in total. The van der Waals surface area contributed by atoms with E-state index >= 15 is 0 Å². The standard InChI is InChI=1S/C17H13N/c1-2-6-15-12(4-1)7-8-13-9-10-14-5-3-11-18-17(14)16(13)15/h1-6,9-11H,7-8H2. The van der Waals surface area contributed by atoms with Crippen LogP contribution in [-0.4, -0.2) is 4.98 Å². The molecular weight excluding hydrogens is 218 g/mol. The van der Waals surface area contributed by atoms with E-state index in [2.05, 4.69) is 47.4 Å². The van der Waals surface area contributed by atoms with Gasteiger partial charge in [0, 0.05) is 17.1 Å². The lowest BCUT2D eigenvalue weighted by atomic mass is 9.84. The fourth-order valence-corrected chi connectivity index (χ4v) is 2.95. The maximum atomic E-state index is 4.59. The Morgan fingerprint density at radius 1 is 0.778 bits per heavy atom. The van der Waals surface area contributed by atoms with Crippen molar-refractivity contribution >= 4 is 10.9 Å². The first-order valence-corrected chi connectivity index (χ1v) is 6.38. The van der Waals surface area contributed by atoms with Crippen molar-refractivity contribution in [2.45, 2.75) is 12.8 Å². The molecule has 1 heteroatoms. The molecule has 0 amide bonds. The zero-order valence-electron chi connectivity index (χ0n) is 10.1. The highest BCUT2D eigenvalue weighted by atomic mass is 14.7. The largest absolute Gasteiger partial charge is 0.256 e. The minimum absolute atomic E-state index is 1.12. The Kier molecular flexibility index (Phi) is 2.01. The molecule has 1 nitrogen and oxygen atoms in total. The molecular formula is C17H13N. The number of pyridine rings is 1. The number of aromatic nitrogens is 1. The number of hydrogen-bond donors (Lipinski definition) is 0. The Morgan fingerprint density at radius 2 is 1.67 bits per heavy atom. The van der Waals surface area contributed by atoms with Gasteiger partial charge >= 0.3 is 0 Å². The lowest BCUT2D eigenvalue weighted by Gasteiger charge is -2.20. The normalized spacial score (nSPS) is 13.1. The summed E-state index contributed by atoms with van der Waals surface area (Å²) < 4.78 is 0. The zero-order chi connectivity index (χ0) is 11.9. The monoisotopic (exact) mass is 231 g/mol. The van der Waals surface area contributed by atoms with Gasteiger partial charge in [-0.05, 0) is 35.6 Å². The Hall–Kier alpha value is -2.15. The molecule has 1 aliphatic carbocycles. The van der Waals surface area contributed by atoms with Gasteiger partial charge in [-0.25, -0.2) is 0 Å². The van der Waals surface area contributed by atoms with Gasteiger partial charge in [0.1, 0.15) is 0 Å². The van der Waals surface area contributed by atoms with Crippen molar-refractivity contribution < 1.29 is 0 Å². The van der Waals surface area contributed by atoms with Crippen LogP contribution in [0.4, 0.5) is 0 Å². The molecule has 1 aliphatic rings. The number of benzene rings is 2. The molecule has 0 saturated carbocycles. The van der Waals surface area contributed by atoms with Crippen molar-refractivity contribution in [1.82, 2.24) is 4.98 Å². The topological polar surface area (TPSA) is 12.9 Å². The molecule has 2 aromatic carbocycles. The molecule has 0 unspecified atom stereocenters. The highest BCUT2D eigenvalue weighted by Crippen LogP contribution is 2.37. The number of aryl methyl sites for hydroxylation is 2. The van der Waals surface area contributed by atoms with Crippen molar-refractivity contribution in [1.29, 1.82) is 0 Å². The second-order valence-electron chi connectivity index (χ2n) is 4.83. The van der Waals surface area contributed by atoms with Crippen LogP contribution in [0.2, 0.25) is 0 Å². The quantitative estimate of drug-likeness (QED) is 0.570. The number of rotatable bonds is 0. The molecule has 86 valence electrons. The molecule has 18 heavy (non-hydrogen) atoms. The Labute approximate surface area is 106 Å². The van der Waals surface area contributed by atoms with Crippen molar-refractivity contribution in [2.24, 2.45) is 0 Å². The Balaban J connectivity index is 2.15. The molecule has 0 atom stereocenters. The maximum Gasteiger partial charge on any atom is 0.0783 e. The van der Waals surface area contributed by atoms with Crippen molar-refractivity contribution in [2.75, 3.05) is 0 Å². The van der Waals surface area contributed by atoms with E-state index in [1.807, 2.05) is 12.3 Å². The van der Waals surface area contributed by atoms with Crippen molar-refractivity contribution in [3.63, 3.8) is 0 Å². The summed E-state index contributed by atoms with van der Waals surface area (Å²) in [5.74, 6) is 0. The first-order chi connectivity index (χ1) is 8.93. The van der Waals surface area contributed by atoms with E-state index in [1.165, 1.54) is 27.6 Å². The first kappa shape index (κ1) is 9.84. The van der Waals surface area contributed by atoms with Crippen LogP contribution >= 0.6 is 0 Å².